The van der Waals surface area contributed by atoms with E-state index >= 15 is 0 Å². The molecule has 0 fully saturated rings. The van der Waals surface area contributed by atoms with Gasteiger partial charge in [-0.25, -0.2) is 4.79 Å². The molecule has 0 saturated carbocycles. The van der Waals surface area contributed by atoms with Gasteiger partial charge in [-0.15, -0.1) is 0 Å². The standard InChI is InChI=1S/C76H92O8/c1-71(2,3)57-29-45-23-46-30-58(72(4,5)6)34-50(65(46)78)26-55-39-62(76(16,17)18)40-56-28-52-36-60(74(10,11)12)32-48(67(52)80)24-47-31-59(73(7,8)9)35-51(66(47)79)27-54-38-61(75(13,14)15)37-53(25-49(33-57)64(45)77)68(54)83-41-43-21-20-22-44(42-84-69(55)56)63(43)70(81)82-19/h20-22,29-40,77-80H,23-28,41-42H2,1-19H3. The van der Waals surface area contributed by atoms with Gasteiger partial charge >= 0.3 is 5.97 Å². The predicted octanol–water partition coefficient (Wildman–Crippen LogP) is 17.4. The molecule has 8 heteroatoms. The summed E-state index contributed by atoms with van der Waals surface area (Å²) in [4.78, 5) is 14.5. The second-order valence-corrected chi connectivity index (χ2v) is 30.4. The summed E-state index contributed by atoms with van der Waals surface area (Å²) in [6.07, 6.45) is 1.58. The van der Waals surface area contributed by atoms with Crippen LogP contribution >= 0.6 is 0 Å². The van der Waals surface area contributed by atoms with Gasteiger partial charge in [0.15, 0.2) is 0 Å². The summed E-state index contributed by atoms with van der Waals surface area (Å²) in [6.45, 7) is 39.2. The van der Waals surface area contributed by atoms with E-state index in [0.717, 1.165) is 55.6 Å². The summed E-state index contributed by atoms with van der Waals surface area (Å²) < 4.78 is 20.2. The number of rotatable bonds is 1. The summed E-state index contributed by atoms with van der Waals surface area (Å²) in [5.74, 6) is 1.17. The Bertz CT molecular complexity index is 3300. The molecule has 2 aliphatic heterocycles. The normalized spacial score (nSPS) is 14.4. The van der Waals surface area contributed by atoms with Crippen molar-refractivity contribution in [3.05, 3.63) is 208 Å². The fourth-order valence-corrected chi connectivity index (χ4v) is 11.9. The van der Waals surface area contributed by atoms with Crippen LogP contribution in [0.5, 0.6) is 34.5 Å². The highest BCUT2D eigenvalue weighted by molar-refractivity contribution is 5.92. The average Bonchev–Trinajstić information content (AvgIpc) is 2.14. The Morgan fingerprint density at radius 1 is 0.333 bits per heavy atom. The second-order valence-electron chi connectivity index (χ2n) is 30.4. The average molecular weight is 1130 g/mol. The number of benzene rings is 7. The number of fused-ring (bicyclic) bond motifs is 10. The zero-order valence-electron chi connectivity index (χ0n) is 53.7. The van der Waals surface area contributed by atoms with E-state index in [1.165, 1.54) is 7.11 Å². The summed E-state index contributed by atoms with van der Waals surface area (Å²) in [5.41, 5.74) is 14.6. The first kappa shape index (κ1) is 61.4. The first-order valence-corrected chi connectivity index (χ1v) is 30.1. The van der Waals surface area contributed by atoms with Gasteiger partial charge in [0.2, 0.25) is 0 Å². The lowest BCUT2D eigenvalue weighted by Gasteiger charge is -2.28. The molecule has 84 heavy (non-hydrogen) atoms. The topological polar surface area (TPSA) is 126 Å². The summed E-state index contributed by atoms with van der Waals surface area (Å²) in [7, 11) is 1.39. The molecule has 0 aliphatic carbocycles. The van der Waals surface area contributed by atoms with Gasteiger partial charge in [0.25, 0.3) is 0 Å². The minimum Gasteiger partial charge on any atom is -0.507 e. The molecule has 444 valence electrons. The molecule has 0 spiro atoms. The van der Waals surface area contributed by atoms with Gasteiger partial charge in [-0.05, 0) is 133 Å². The lowest BCUT2D eigenvalue weighted by Crippen LogP contribution is -2.17. The van der Waals surface area contributed by atoms with Crippen LogP contribution in [0.3, 0.4) is 0 Å². The molecule has 0 unspecified atom stereocenters. The van der Waals surface area contributed by atoms with E-state index in [0.29, 0.717) is 72.7 Å². The van der Waals surface area contributed by atoms with Gasteiger partial charge in [-0.1, -0.05) is 216 Å². The van der Waals surface area contributed by atoms with Gasteiger partial charge in [-0.2, -0.15) is 0 Å². The Hall–Kier alpha value is -7.19. The third-order valence-electron chi connectivity index (χ3n) is 17.4. The summed E-state index contributed by atoms with van der Waals surface area (Å²) >= 11 is 0. The molecule has 0 radical (unpaired) electrons. The molecule has 7 aromatic carbocycles. The van der Waals surface area contributed by atoms with Crippen LogP contribution in [-0.4, -0.2) is 33.5 Å². The van der Waals surface area contributed by atoms with Crippen molar-refractivity contribution in [3.63, 3.8) is 0 Å². The highest BCUT2D eigenvalue weighted by atomic mass is 16.5. The maximum atomic E-state index is 14.5. The van der Waals surface area contributed by atoms with Crippen molar-refractivity contribution in [3.8, 4) is 34.5 Å². The molecule has 0 amide bonds. The van der Waals surface area contributed by atoms with Crippen LogP contribution in [0.15, 0.2) is 91.0 Å². The molecule has 2 heterocycles. The van der Waals surface area contributed by atoms with Gasteiger partial charge in [0, 0.05) is 49.7 Å². The Balaban J connectivity index is 1.49. The summed E-state index contributed by atoms with van der Waals surface area (Å²) in [6, 6.07) is 31.3. The van der Waals surface area contributed by atoms with E-state index in [1.54, 1.807) is 0 Å². The number of ether oxygens (including phenoxy) is 3. The number of esters is 1. The van der Waals surface area contributed by atoms with E-state index < -0.39 is 5.97 Å². The number of phenols is 4. The maximum absolute atomic E-state index is 14.5. The fourth-order valence-electron chi connectivity index (χ4n) is 11.9. The van der Waals surface area contributed by atoms with Gasteiger partial charge in [0.05, 0.1) is 12.7 Å². The van der Waals surface area contributed by atoms with Crippen molar-refractivity contribution in [2.45, 2.75) is 209 Å². The second kappa shape index (κ2) is 22.0. The molecule has 4 N–H and O–H groups in total. The lowest BCUT2D eigenvalue weighted by molar-refractivity contribution is 0.0594. The van der Waals surface area contributed by atoms with Crippen molar-refractivity contribution >= 4 is 5.97 Å². The first-order valence-electron chi connectivity index (χ1n) is 30.1. The largest absolute Gasteiger partial charge is 0.507 e. The predicted molar refractivity (Wildman–Crippen MR) is 341 cm³/mol. The quantitative estimate of drug-likeness (QED) is 0.120. The third kappa shape index (κ3) is 12.7. The Morgan fingerprint density at radius 2 is 0.524 bits per heavy atom. The van der Waals surface area contributed by atoms with Crippen LogP contribution in [0.1, 0.15) is 246 Å². The molecule has 12 bridgehead atoms. The van der Waals surface area contributed by atoms with Crippen molar-refractivity contribution in [1.82, 2.24) is 0 Å². The molecule has 9 rings (SSSR count). The minimum atomic E-state index is -0.537. The highest BCUT2D eigenvalue weighted by Crippen LogP contribution is 2.46. The van der Waals surface area contributed by atoms with E-state index in [9.17, 15) is 25.2 Å². The number of hydrogen-bond acceptors (Lipinski definition) is 8. The highest BCUT2D eigenvalue weighted by Gasteiger charge is 2.31. The number of carbonyl (C=O) groups is 1. The number of carbonyl (C=O) groups excluding carboxylic acids is 1. The fraction of sp³-hybridized carbons (Fsp3) is 0.434. The number of phenolic OH excluding ortho intramolecular Hbond substituents is 4. The monoisotopic (exact) mass is 1130 g/mol. The Labute approximate surface area is 501 Å². The Kier molecular flexibility index (Phi) is 16.1. The first-order chi connectivity index (χ1) is 38.9. The molecule has 7 aromatic rings. The van der Waals surface area contributed by atoms with Crippen LogP contribution < -0.4 is 9.47 Å². The third-order valence-corrected chi connectivity index (χ3v) is 17.4. The zero-order valence-corrected chi connectivity index (χ0v) is 53.7. The Morgan fingerprint density at radius 3 is 0.714 bits per heavy atom. The van der Waals surface area contributed by atoms with Crippen molar-refractivity contribution in [2.75, 3.05) is 7.11 Å². The molecule has 0 saturated heterocycles. The maximum Gasteiger partial charge on any atom is 0.338 e. The SMILES string of the molecule is COC(=O)c1c2cccc1COc1c3cc(C(C)(C)C)cc1Cc1cc(C(C)(C)C)cc(c1O)Cc1cc(C(C)(C)C)cc(c1O)Cc1cc(C(C)(C)C)cc(c1OC2)Cc1cc(C(C)(C)C)cc(c1O)Cc1cc(C(C)(C)C)cc(c1O)C3. The van der Waals surface area contributed by atoms with Crippen LogP contribution in [0.2, 0.25) is 0 Å². The van der Waals surface area contributed by atoms with Crippen LogP contribution in [-0.2, 0) is 89.0 Å². The molecular weight excluding hydrogens is 1040 g/mol. The van der Waals surface area contributed by atoms with Gasteiger partial charge in [0.1, 0.15) is 47.7 Å². The molecule has 0 aromatic heterocycles. The molecule has 2 aliphatic rings. The van der Waals surface area contributed by atoms with Gasteiger partial charge in [-0.3, -0.25) is 0 Å². The van der Waals surface area contributed by atoms with Gasteiger partial charge < -0.3 is 34.6 Å². The number of hydrogen-bond donors (Lipinski definition) is 4. The molecule has 8 nitrogen and oxygen atoms in total. The molecule has 0 atom stereocenters. The zero-order chi connectivity index (χ0) is 61.6. The van der Waals surface area contributed by atoms with E-state index in [1.807, 2.05) is 18.2 Å². The molecular formula is C76H92O8. The van der Waals surface area contributed by atoms with E-state index in [-0.39, 0.29) is 107 Å². The number of methoxy groups -OCH3 is 1. The van der Waals surface area contributed by atoms with Crippen molar-refractivity contribution in [1.29, 1.82) is 0 Å². The van der Waals surface area contributed by atoms with Crippen molar-refractivity contribution in [2.24, 2.45) is 0 Å². The van der Waals surface area contributed by atoms with Crippen LogP contribution in [0.4, 0.5) is 0 Å². The number of aromatic hydroxyl groups is 4. The van der Waals surface area contributed by atoms with Crippen molar-refractivity contribution < 1.29 is 39.4 Å². The van der Waals surface area contributed by atoms with Crippen LogP contribution in [0.25, 0.3) is 0 Å². The van der Waals surface area contributed by atoms with Crippen LogP contribution in [0, 0.1) is 0 Å². The lowest BCUT2D eigenvalue weighted by atomic mass is 9.79. The van der Waals surface area contributed by atoms with E-state index in [2.05, 4.69) is 197 Å². The smallest absolute Gasteiger partial charge is 0.338 e. The van der Waals surface area contributed by atoms with E-state index in [4.69, 9.17) is 14.2 Å². The minimum absolute atomic E-state index is 0.0174. The summed E-state index contributed by atoms with van der Waals surface area (Å²) in [5, 5.41) is 51.8.